The highest BCUT2D eigenvalue weighted by atomic mass is 32.1. The molecule has 0 radical (unpaired) electrons. The third-order valence-electron chi connectivity index (χ3n) is 2.67. The van der Waals surface area contributed by atoms with Crippen LogP contribution in [-0.4, -0.2) is 25.1 Å². The largest absolute Gasteiger partial charge is 0.349 e. The molecule has 1 N–H and O–H groups in total. The van der Waals surface area contributed by atoms with Crippen LogP contribution in [0, 0.1) is 0 Å². The fraction of sp³-hybridized carbons (Fsp3) is 0.750. The lowest BCUT2D eigenvalue weighted by Crippen LogP contribution is -2.25. The summed E-state index contributed by atoms with van der Waals surface area (Å²) in [6, 6.07) is 0.503. The average molecular weight is 241 g/mol. The molecule has 0 aliphatic heterocycles. The summed E-state index contributed by atoms with van der Waals surface area (Å²) in [5, 5.41) is 4.36. The quantitative estimate of drug-likeness (QED) is 0.830. The van der Waals surface area contributed by atoms with Crippen molar-refractivity contribution in [2.75, 3.05) is 19.0 Å². The number of thiazole rings is 1. The van der Waals surface area contributed by atoms with Crippen molar-refractivity contribution in [2.24, 2.45) is 0 Å². The Morgan fingerprint density at radius 1 is 1.44 bits per heavy atom. The molecule has 0 aliphatic carbocycles. The second-order valence-electron chi connectivity index (χ2n) is 4.35. The van der Waals surface area contributed by atoms with Crippen LogP contribution >= 0.6 is 11.3 Å². The highest BCUT2D eigenvalue weighted by Crippen LogP contribution is 2.27. The van der Waals surface area contributed by atoms with E-state index in [4.69, 9.17) is 4.98 Å². The molecule has 3 nitrogen and oxygen atoms in total. The van der Waals surface area contributed by atoms with Gasteiger partial charge in [-0.3, -0.25) is 0 Å². The van der Waals surface area contributed by atoms with Gasteiger partial charge in [0, 0.05) is 24.5 Å². The molecule has 0 aliphatic rings. The Kier molecular flexibility index (Phi) is 5.22. The van der Waals surface area contributed by atoms with Crippen molar-refractivity contribution in [3.63, 3.8) is 0 Å². The summed E-state index contributed by atoms with van der Waals surface area (Å²) in [7, 11) is 4.10. The molecule has 1 aromatic rings. The normalized spacial score (nSPS) is 11.1. The van der Waals surface area contributed by atoms with Crippen LogP contribution in [0.15, 0.2) is 0 Å². The summed E-state index contributed by atoms with van der Waals surface area (Å²) in [6.45, 7) is 7.52. The SMILES string of the molecule is CCCc1nc(N(C)C(C)C)sc1CNC. The lowest BCUT2D eigenvalue weighted by atomic mass is 10.2. The molecule has 0 unspecified atom stereocenters. The van der Waals surface area contributed by atoms with E-state index >= 15 is 0 Å². The van der Waals surface area contributed by atoms with E-state index in [1.807, 2.05) is 18.4 Å². The van der Waals surface area contributed by atoms with Gasteiger partial charge in [0.1, 0.15) is 0 Å². The summed E-state index contributed by atoms with van der Waals surface area (Å²) in [5.41, 5.74) is 1.27. The van der Waals surface area contributed by atoms with Crippen molar-refractivity contribution in [3.8, 4) is 0 Å². The monoisotopic (exact) mass is 241 g/mol. The zero-order chi connectivity index (χ0) is 12.1. The maximum Gasteiger partial charge on any atom is 0.185 e. The van der Waals surface area contributed by atoms with Gasteiger partial charge in [0.25, 0.3) is 0 Å². The number of nitrogens with one attached hydrogen (secondary N) is 1. The van der Waals surface area contributed by atoms with E-state index in [-0.39, 0.29) is 0 Å². The van der Waals surface area contributed by atoms with Crippen molar-refractivity contribution in [1.29, 1.82) is 0 Å². The summed E-state index contributed by atoms with van der Waals surface area (Å²) < 4.78 is 0. The summed E-state index contributed by atoms with van der Waals surface area (Å²) in [6.07, 6.45) is 2.24. The highest BCUT2D eigenvalue weighted by molar-refractivity contribution is 7.15. The number of aryl methyl sites for hydroxylation is 1. The number of hydrogen-bond donors (Lipinski definition) is 1. The van der Waals surface area contributed by atoms with Gasteiger partial charge in [0.2, 0.25) is 0 Å². The zero-order valence-corrected chi connectivity index (χ0v) is 11.8. The van der Waals surface area contributed by atoms with Crippen LogP contribution in [0.1, 0.15) is 37.8 Å². The van der Waals surface area contributed by atoms with Crippen LogP contribution in [0.5, 0.6) is 0 Å². The second-order valence-corrected chi connectivity index (χ2v) is 5.41. The van der Waals surface area contributed by atoms with Gasteiger partial charge in [-0.15, -0.1) is 11.3 Å². The standard InChI is InChI=1S/C12H23N3S/c1-6-7-10-11(8-13-4)16-12(14-10)15(5)9(2)3/h9,13H,6-8H2,1-5H3. The Morgan fingerprint density at radius 3 is 2.62 bits per heavy atom. The van der Waals surface area contributed by atoms with Crippen LogP contribution in [-0.2, 0) is 13.0 Å². The molecule has 1 aromatic heterocycles. The lowest BCUT2D eigenvalue weighted by molar-refractivity contribution is 0.746. The van der Waals surface area contributed by atoms with Gasteiger partial charge < -0.3 is 10.2 Å². The molecular formula is C12H23N3S. The molecule has 0 spiro atoms. The maximum atomic E-state index is 4.74. The van der Waals surface area contributed by atoms with E-state index in [1.165, 1.54) is 10.6 Å². The minimum absolute atomic E-state index is 0.503. The van der Waals surface area contributed by atoms with Gasteiger partial charge >= 0.3 is 0 Å². The van der Waals surface area contributed by atoms with Crippen LogP contribution in [0.25, 0.3) is 0 Å². The first-order valence-electron chi connectivity index (χ1n) is 5.96. The molecule has 0 saturated heterocycles. The molecule has 1 heterocycles. The van der Waals surface area contributed by atoms with E-state index < -0.39 is 0 Å². The molecule has 0 atom stereocenters. The first kappa shape index (κ1) is 13.5. The van der Waals surface area contributed by atoms with Gasteiger partial charge in [-0.2, -0.15) is 0 Å². The van der Waals surface area contributed by atoms with Gasteiger partial charge in [0.05, 0.1) is 5.69 Å². The molecule has 0 fully saturated rings. The van der Waals surface area contributed by atoms with Crippen molar-refractivity contribution in [1.82, 2.24) is 10.3 Å². The number of hydrogen-bond acceptors (Lipinski definition) is 4. The topological polar surface area (TPSA) is 28.2 Å². The molecule has 0 saturated carbocycles. The van der Waals surface area contributed by atoms with Crippen LogP contribution in [0.4, 0.5) is 5.13 Å². The second kappa shape index (κ2) is 6.21. The number of rotatable bonds is 6. The molecule has 16 heavy (non-hydrogen) atoms. The Morgan fingerprint density at radius 2 is 2.12 bits per heavy atom. The molecule has 92 valence electrons. The Balaban J connectivity index is 2.91. The highest BCUT2D eigenvalue weighted by Gasteiger charge is 2.14. The van der Waals surface area contributed by atoms with E-state index in [2.05, 4.69) is 38.0 Å². The third kappa shape index (κ3) is 3.19. The number of aromatic nitrogens is 1. The van der Waals surface area contributed by atoms with Gasteiger partial charge in [0.15, 0.2) is 5.13 Å². The van der Waals surface area contributed by atoms with Crippen LogP contribution in [0.3, 0.4) is 0 Å². The van der Waals surface area contributed by atoms with E-state index in [0.29, 0.717) is 6.04 Å². The Hall–Kier alpha value is -0.610. The molecular weight excluding hydrogens is 218 g/mol. The third-order valence-corrected chi connectivity index (χ3v) is 3.86. The van der Waals surface area contributed by atoms with Crippen molar-refractivity contribution in [2.45, 2.75) is 46.2 Å². The van der Waals surface area contributed by atoms with Crippen molar-refractivity contribution < 1.29 is 0 Å². The van der Waals surface area contributed by atoms with E-state index in [1.54, 1.807) is 0 Å². The van der Waals surface area contributed by atoms with E-state index in [0.717, 1.165) is 24.5 Å². The minimum Gasteiger partial charge on any atom is -0.349 e. The average Bonchev–Trinajstić information content (AvgIpc) is 2.62. The Bertz CT molecular complexity index is 297. The van der Waals surface area contributed by atoms with Crippen molar-refractivity contribution in [3.05, 3.63) is 10.6 Å². The molecule has 0 amide bonds. The van der Waals surface area contributed by atoms with Crippen LogP contribution in [0.2, 0.25) is 0 Å². The summed E-state index contributed by atoms with van der Waals surface area (Å²) >= 11 is 1.81. The first-order valence-corrected chi connectivity index (χ1v) is 6.77. The van der Waals surface area contributed by atoms with Crippen molar-refractivity contribution >= 4 is 16.5 Å². The number of anilines is 1. The van der Waals surface area contributed by atoms with E-state index in [9.17, 15) is 0 Å². The predicted molar refractivity (Wildman–Crippen MR) is 72.4 cm³/mol. The molecule has 1 rings (SSSR count). The smallest absolute Gasteiger partial charge is 0.185 e. The fourth-order valence-corrected chi connectivity index (χ4v) is 2.69. The summed E-state index contributed by atoms with van der Waals surface area (Å²) in [4.78, 5) is 8.36. The zero-order valence-electron chi connectivity index (χ0n) is 11.0. The predicted octanol–water partition coefficient (Wildman–Crippen LogP) is 2.66. The summed E-state index contributed by atoms with van der Waals surface area (Å²) in [5.74, 6) is 0. The molecule has 0 aromatic carbocycles. The minimum atomic E-state index is 0.503. The lowest BCUT2D eigenvalue weighted by Gasteiger charge is -2.19. The maximum absolute atomic E-state index is 4.74. The fourth-order valence-electron chi connectivity index (χ4n) is 1.47. The van der Waals surface area contributed by atoms with Crippen LogP contribution < -0.4 is 10.2 Å². The molecule has 4 heteroatoms. The van der Waals surface area contributed by atoms with Gasteiger partial charge in [-0.25, -0.2) is 4.98 Å². The number of nitrogens with zero attached hydrogens (tertiary/aromatic N) is 2. The first-order chi connectivity index (χ1) is 7.60. The molecule has 0 bridgehead atoms. The van der Waals surface area contributed by atoms with Gasteiger partial charge in [-0.1, -0.05) is 13.3 Å². The Labute approximate surface area is 103 Å². The van der Waals surface area contributed by atoms with Gasteiger partial charge in [-0.05, 0) is 27.3 Å².